The van der Waals surface area contributed by atoms with Crippen LogP contribution in [0.25, 0.3) is 0 Å². The molecular formula is C26H28N2O3S. The van der Waals surface area contributed by atoms with Crippen molar-refractivity contribution in [2.45, 2.75) is 26.3 Å². The lowest BCUT2D eigenvalue weighted by molar-refractivity contribution is -0.134. The summed E-state index contributed by atoms with van der Waals surface area (Å²) in [5.74, 6) is 0.424. The van der Waals surface area contributed by atoms with Crippen LogP contribution in [0.5, 0.6) is 5.75 Å². The lowest BCUT2D eigenvalue weighted by Crippen LogP contribution is -2.46. The van der Waals surface area contributed by atoms with Gasteiger partial charge in [0, 0.05) is 23.5 Å². The standard InChI is InChI=1S/C26H28N2O3S/c1-4-27(26(30)19-9-7-10-20(16-19)31-3)17-24(29)28-14-12-23-22(13-15-32-23)25(28)21-11-6-5-8-18(21)2/h5-11,13,15-16,25H,4,12,14,17H2,1-3H3. The first-order chi connectivity index (χ1) is 15.5. The maximum Gasteiger partial charge on any atom is 0.254 e. The SMILES string of the molecule is CCN(CC(=O)N1CCc2sccc2C1c1ccccc1C)C(=O)c1cccc(OC)c1. The fourth-order valence-electron chi connectivity index (χ4n) is 4.33. The van der Waals surface area contributed by atoms with Crippen LogP contribution in [0.3, 0.4) is 0 Å². The van der Waals surface area contributed by atoms with Gasteiger partial charge in [-0.2, -0.15) is 0 Å². The van der Waals surface area contributed by atoms with Gasteiger partial charge in [-0.05, 0) is 66.6 Å². The number of amides is 2. The van der Waals surface area contributed by atoms with Crippen molar-refractivity contribution in [3.05, 3.63) is 87.1 Å². The van der Waals surface area contributed by atoms with Gasteiger partial charge in [0.05, 0.1) is 13.2 Å². The highest BCUT2D eigenvalue weighted by atomic mass is 32.1. The number of carbonyl (C=O) groups is 2. The molecule has 0 saturated heterocycles. The van der Waals surface area contributed by atoms with Crippen LogP contribution in [0.4, 0.5) is 0 Å². The minimum absolute atomic E-state index is 0.0341. The molecule has 32 heavy (non-hydrogen) atoms. The Kier molecular flexibility index (Phi) is 6.61. The highest BCUT2D eigenvalue weighted by molar-refractivity contribution is 7.10. The lowest BCUT2D eigenvalue weighted by Gasteiger charge is -2.38. The number of hydrogen-bond donors (Lipinski definition) is 0. The number of thiophene rings is 1. The molecule has 0 fully saturated rings. The number of carbonyl (C=O) groups excluding carboxylic acids is 2. The van der Waals surface area contributed by atoms with Crippen LogP contribution >= 0.6 is 11.3 Å². The average Bonchev–Trinajstić information content (AvgIpc) is 3.31. The Bertz CT molecular complexity index is 1120. The molecule has 2 heterocycles. The van der Waals surface area contributed by atoms with Crippen LogP contribution in [0.2, 0.25) is 0 Å². The van der Waals surface area contributed by atoms with Gasteiger partial charge >= 0.3 is 0 Å². The van der Waals surface area contributed by atoms with Crippen molar-refractivity contribution in [1.82, 2.24) is 9.80 Å². The summed E-state index contributed by atoms with van der Waals surface area (Å²) in [7, 11) is 1.57. The van der Waals surface area contributed by atoms with Crippen molar-refractivity contribution in [3.8, 4) is 5.75 Å². The molecule has 1 aliphatic heterocycles. The van der Waals surface area contributed by atoms with E-state index in [9.17, 15) is 9.59 Å². The van der Waals surface area contributed by atoms with Crippen molar-refractivity contribution in [3.63, 3.8) is 0 Å². The number of nitrogens with zero attached hydrogens (tertiary/aromatic N) is 2. The van der Waals surface area contributed by atoms with Gasteiger partial charge < -0.3 is 14.5 Å². The summed E-state index contributed by atoms with van der Waals surface area (Å²) in [6.45, 7) is 5.14. The zero-order valence-corrected chi connectivity index (χ0v) is 19.5. The summed E-state index contributed by atoms with van der Waals surface area (Å²) in [6, 6.07) is 17.3. The van der Waals surface area contributed by atoms with Crippen molar-refractivity contribution in [2.75, 3.05) is 26.7 Å². The second kappa shape index (κ2) is 9.57. The van der Waals surface area contributed by atoms with Gasteiger partial charge in [-0.3, -0.25) is 9.59 Å². The molecule has 1 aliphatic rings. The zero-order valence-electron chi connectivity index (χ0n) is 18.7. The van der Waals surface area contributed by atoms with Gasteiger partial charge in [-0.25, -0.2) is 0 Å². The third-order valence-electron chi connectivity index (χ3n) is 6.08. The van der Waals surface area contributed by atoms with E-state index in [2.05, 4.69) is 30.5 Å². The maximum absolute atomic E-state index is 13.6. The molecule has 6 heteroatoms. The number of fused-ring (bicyclic) bond motifs is 1. The van der Waals surface area contributed by atoms with Crippen molar-refractivity contribution in [2.24, 2.45) is 0 Å². The molecule has 0 aliphatic carbocycles. The minimum Gasteiger partial charge on any atom is -0.497 e. The van der Waals surface area contributed by atoms with E-state index in [4.69, 9.17) is 4.74 Å². The Balaban J connectivity index is 1.60. The summed E-state index contributed by atoms with van der Waals surface area (Å²) in [5, 5.41) is 2.11. The highest BCUT2D eigenvalue weighted by Gasteiger charge is 2.34. The quantitative estimate of drug-likeness (QED) is 0.549. The Labute approximate surface area is 193 Å². The minimum atomic E-state index is -0.166. The molecule has 0 radical (unpaired) electrons. The number of methoxy groups -OCH3 is 1. The number of rotatable bonds is 6. The molecule has 166 valence electrons. The lowest BCUT2D eigenvalue weighted by atomic mass is 9.90. The second-order valence-corrected chi connectivity index (χ2v) is 8.95. The fraction of sp³-hybridized carbons (Fsp3) is 0.308. The highest BCUT2D eigenvalue weighted by Crippen LogP contribution is 2.39. The monoisotopic (exact) mass is 448 g/mol. The Morgan fingerprint density at radius 3 is 2.69 bits per heavy atom. The summed E-state index contributed by atoms with van der Waals surface area (Å²) in [5.41, 5.74) is 4.02. The average molecular weight is 449 g/mol. The molecular weight excluding hydrogens is 420 g/mol. The van der Waals surface area contributed by atoms with E-state index in [1.165, 1.54) is 10.4 Å². The molecule has 1 aromatic heterocycles. The number of likely N-dealkylation sites (N-methyl/N-ethyl adjacent to an activating group) is 1. The van der Waals surface area contributed by atoms with Crippen molar-refractivity contribution < 1.29 is 14.3 Å². The Morgan fingerprint density at radius 1 is 1.12 bits per heavy atom. The topological polar surface area (TPSA) is 49.9 Å². The van der Waals surface area contributed by atoms with Crippen LogP contribution < -0.4 is 4.74 Å². The van der Waals surface area contributed by atoms with Crippen LogP contribution in [0, 0.1) is 6.92 Å². The van der Waals surface area contributed by atoms with Gasteiger partial charge in [0.25, 0.3) is 5.91 Å². The molecule has 3 aromatic rings. The summed E-state index contributed by atoms with van der Waals surface area (Å²) < 4.78 is 5.25. The first-order valence-electron chi connectivity index (χ1n) is 10.9. The predicted molar refractivity (Wildman–Crippen MR) is 127 cm³/mol. The van der Waals surface area contributed by atoms with Crippen molar-refractivity contribution in [1.29, 1.82) is 0 Å². The van der Waals surface area contributed by atoms with E-state index in [0.29, 0.717) is 24.4 Å². The molecule has 4 rings (SSSR count). The Morgan fingerprint density at radius 2 is 1.94 bits per heavy atom. The van der Waals surface area contributed by atoms with E-state index >= 15 is 0 Å². The first kappa shape index (κ1) is 22.1. The van der Waals surface area contributed by atoms with E-state index in [0.717, 1.165) is 17.5 Å². The van der Waals surface area contributed by atoms with Gasteiger partial charge in [-0.1, -0.05) is 30.3 Å². The second-order valence-electron chi connectivity index (χ2n) is 7.95. The Hall–Kier alpha value is -3.12. The summed E-state index contributed by atoms with van der Waals surface area (Å²) in [6.07, 6.45) is 0.844. The van der Waals surface area contributed by atoms with Gasteiger partial charge in [0.2, 0.25) is 5.91 Å². The van der Waals surface area contributed by atoms with E-state index in [1.54, 1.807) is 47.6 Å². The first-order valence-corrected chi connectivity index (χ1v) is 11.8. The smallest absolute Gasteiger partial charge is 0.254 e. The number of aryl methyl sites for hydroxylation is 1. The molecule has 0 bridgehead atoms. The van der Waals surface area contributed by atoms with Crippen LogP contribution in [0.1, 0.15) is 44.9 Å². The van der Waals surface area contributed by atoms with E-state index < -0.39 is 0 Å². The molecule has 1 atom stereocenters. The molecule has 2 aromatic carbocycles. The number of hydrogen-bond acceptors (Lipinski definition) is 4. The molecule has 0 spiro atoms. The van der Waals surface area contributed by atoms with Crippen LogP contribution in [-0.4, -0.2) is 48.4 Å². The van der Waals surface area contributed by atoms with Crippen LogP contribution in [-0.2, 0) is 11.2 Å². The number of ether oxygens (including phenoxy) is 1. The van der Waals surface area contributed by atoms with E-state index in [-0.39, 0.29) is 24.4 Å². The molecule has 0 N–H and O–H groups in total. The molecule has 5 nitrogen and oxygen atoms in total. The maximum atomic E-state index is 13.6. The van der Waals surface area contributed by atoms with Gasteiger partial charge in [0.15, 0.2) is 0 Å². The largest absolute Gasteiger partial charge is 0.497 e. The molecule has 0 saturated carbocycles. The fourth-order valence-corrected chi connectivity index (χ4v) is 5.24. The van der Waals surface area contributed by atoms with Gasteiger partial charge in [-0.15, -0.1) is 11.3 Å². The summed E-state index contributed by atoms with van der Waals surface area (Å²) >= 11 is 1.75. The predicted octanol–water partition coefficient (Wildman–Crippen LogP) is 4.70. The molecule has 2 amide bonds. The van der Waals surface area contributed by atoms with Crippen molar-refractivity contribution >= 4 is 23.2 Å². The van der Waals surface area contributed by atoms with Gasteiger partial charge in [0.1, 0.15) is 12.3 Å². The zero-order chi connectivity index (χ0) is 22.7. The third-order valence-corrected chi connectivity index (χ3v) is 7.08. The summed E-state index contributed by atoms with van der Waals surface area (Å²) in [4.78, 5) is 31.6. The van der Waals surface area contributed by atoms with Crippen LogP contribution in [0.15, 0.2) is 60.0 Å². The normalized spacial score (nSPS) is 15.2. The molecule has 1 unspecified atom stereocenters. The number of benzene rings is 2. The van der Waals surface area contributed by atoms with E-state index in [1.807, 2.05) is 24.0 Å². The third kappa shape index (κ3) is 4.28.